The Hall–Kier alpha value is -2.27. The van der Waals surface area contributed by atoms with Gasteiger partial charge in [0.1, 0.15) is 0 Å². The standard InChI is InChI=1S/C22H26F3N3O2/c1-20(6-7-20)19(29)27-8-5-16-11-28(13-21(16,12-27)14-30-2)17-4-3-15(10-26)18(9-17)22(23,24)25/h3-4,9,16H,5-8,11-14H2,1-2H3/t16-,21+/m1/s1. The highest BCUT2D eigenvalue weighted by atomic mass is 19.4. The monoisotopic (exact) mass is 421 g/mol. The van der Waals surface area contributed by atoms with Crippen LogP contribution >= 0.6 is 0 Å². The topological polar surface area (TPSA) is 56.6 Å². The van der Waals surface area contributed by atoms with Crippen molar-refractivity contribution in [1.29, 1.82) is 5.26 Å². The molecule has 1 aliphatic carbocycles. The predicted molar refractivity (Wildman–Crippen MR) is 105 cm³/mol. The normalized spacial score (nSPS) is 27.5. The SMILES string of the molecule is COC[C@@]12CN(C(=O)C3(C)CC3)CC[C@@H]1CN(c1ccc(C#N)c(C(F)(F)F)c1)C2. The summed E-state index contributed by atoms with van der Waals surface area (Å²) in [6.45, 7) is 4.84. The Bertz CT molecular complexity index is 891. The molecule has 0 radical (unpaired) electrons. The van der Waals surface area contributed by atoms with Crippen LogP contribution in [0.15, 0.2) is 18.2 Å². The summed E-state index contributed by atoms with van der Waals surface area (Å²) in [6, 6.07) is 5.53. The number of carbonyl (C=O) groups excluding carboxylic acids is 1. The zero-order chi connectivity index (χ0) is 21.7. The molecular formula is C22H26F3N3O2. The van der Waals surface area contributed by atoms with Gasteiger partial charge in [-0.1, -0.05) is 6.92 Å². The fourth-order valence-corrected chi connectivity index (χ4v) is 5.09. The lowest BCUT2D eigenvalue weighted by atomic mass is 9.73. The molecule has 3 aliphatic rings. The molecule has 1 aromatic carbocycles. The van der Waals surface area contributed by atoms with E-state index >= 15 is 0 Å². The Balaban J connectivity index is 1.60. The van der Waals surface area contributed by atoms with Crippen molar-refractivity contribution in [2.75, 3.05) is 44.8 Å². The number of nitriles is 1. The average molecular weight is 421 g/mol. The minimum absolute atomic E-state index is 0.188. The molecular weight excluding hydrogens is 395 g/mol. The molecule has 1 saturated carbocycles. The van der Waals surface area contributed by atoms with Gasteiger partial charge in [-0.3, -0.25) is 4.79 Å². The van der Waals surface area contributed by atoms with E-state index in [0.29, 0.717) is 38.5 Å². The number of ether oxygens (including phenoxy) is 1. The van der Waals surface area contributed by atoms with E-state index in [-0.39, 0.29) is 28.2 Å². The number of hydrogen-bond acceptors (Lipinski definition) is 4. The van der Waals surface area contributed by atoms with Crippen molar-refractivity contribution in [1.82, 2.24) is 4.90 Å². The molecule has 2 saturated heterocycles. The Morgan fingerprint density at radius 3 is 2.67 bits per heavy atom. The molecule has 5 nitrogen and oxygen atoms in total. The number of fused-ring (bicyclic) bond motifs is 1. The molecule has 8 heteroatoms. The number of amides is 1. The summed E-state index contributed by atoms with van der Waals surface area (Å²) in [6.07, 6.45) is -1.94. The van der Waals surface area contributed by atoms with E-state index in [2.05, 4.69) is 0 Å². The number of alkyl halides is 3. The highest BCUT2D eigenvalue weighted by molar-refractivity contribution is 5.85. The maximum atomic E-state index is 13.4. The Morgan fingerprint density at radius 1 is 1.33 bits per heavy atom. The zero-order valence-electron chi connectivity index (χ0n) is 17.3. The first-order valence-corrected chi connectivity index (χ1v) is 10.3. The van der Waals surface area contributed by atoms with Crippen LogP contribution < -0.4 is 4.90 Å². The van der Waals surface area contributed by atoms with Gasteiger partial charge < -0.3 is 14.5 Å². The lowest BCUT2D eigenvalue weighted by molar-refractivity contribution is -0.142. The van der Waals surface area contributed by atoms with Crippen LogP contribution in [0, 0.1) is 28.1 Å². The summed E-state index contributed by atoms with van der Waals surface area (Å²) >= 11 is 0. The van der Waals surface area contributed by atoms with E-state index in [0.717, 1.165) is 25.3 Å². The number of anilines is 1. The second kappa shape index (κ2) is 7.16. The molecule has 162 valence electrons. The summed E-state index contributed by atoms with van der Waals surface area (Å²) < 4.78 is 45.8. The summed E-state index contributed by atoms with van der Waals surface area (Å²) in [5, 5.41) is 9.05. The van der Waals surface area contributed by atoms with Crippen LogP contribution in [0.5, 0.6) is 0 Å². The van der Waals surface area contributed by atoms with Gasteiger partial charge in [-0.2, -0.15) is 18.4 Å². The number of nitrogens with zero attached hydrogens (tertiary/aromatic N) is 3. The van der Waals surface area contributed by atoms with Crippen molar-refractivity contribution in [2.24, 2.45) is 16.7 Å². The maximum Gasteiger partial charge on any atom is 0.417 e. The largest absolute Gasteiger partial charge is 0.417 e. The molecule has 3 fully saturated rings. The highest BCUT2D eigenvalue weighted by Crippen LogP contribution is 2.50. The number of halogens is 3. The van der Waals surface area contributed by atoms with Crippen molar-refractivity contribution in [3.63, 3.8) is 0 Å². The number of hydrogen-bond donors (Lipinski definition) is 0. The minimum Gasteiger partial charge on any atom is -0.384 e. The predicted octanol–water partition coefficient (Wildman–Crippen LogP) is 3.68. The van der Waals surface area contributed by atoms with Crippen molar-refractivity contribution in [3.05, 3.63) is 29.3 Å². The van der Waals surface area contributed by atoms with Crippen molar-refractivity contribution < 1.29 is 22.7 Å². The van der Waals surface area contributed by atoms with E-state index in [1.807, 2.05) is 16.7 Å². The Kier molecular flexibility index (Phi) is 5.00. The van der Waals surface area contributed by atoms with Crippen molar-refractivity contribution in [3.8, 4) is 6.07 Å². The highest BCUT2D eigenvalue weighted by Gasteiger charge is 2.54. The molecule has 0 N–H and O–H groups in total. The van der Waals surface area contributed by atoms with Crippen molar-refractivity contribution >= 4 is 11.6 Å². The molecule has 2 atom stereocenters. The number of likely N-dealkylation sites (tertiary alicyclic amines) is 1. The first-order chi connectivity index (χ1) is 14.1. The number of rotatable bonds is 4. The summed E-state index contributed by atoms with van der Waals surface area (Å²) in [5.74, 6) is 0.422. The molecule has 0 spiro atoms. The van der Waals surface area contributed by atoms with E-state index < -0.39 is 11.7 Å². The average Bonchev–Trinajstić information content (AvgIpc) is 3.34. The first kappa shape index (κ1) is 21.0. The zero-order valence-corrected chi connectivity index (χ0v) is 17.3. The summed E-state index contributed by atoms with van der Waals surface area (Å²) in [5.41, 5.74) is -1.37. The van der Waals surface area contributed by atoms with Crippen LogP contribution in [0.1, 0.15) is 37.3 Å². The second-order valence-corrected chi connectivity index (χ2v) is 9.29. The Morgan fingerprint density at radius 2 is 2.07 bits per heavy atom. The van der Waals surface area contributed by atoms with Gasteiger partial charge in [0.2, 0.25) is 5.91 Å². The third-order valence-corrected chi connectivity index (χ3v) is 7.10. The fourth-order valence-electron chi connectivity index (χ4n) is 5.09. The maximum absolute atomic E-state index is 13.4. The van der Waals surface area contributed by atoms with Gasteiger partial charge in [0.15, 0.2) is 0 Å². The van der Waals surface area contributed by atoms with Crippen LogP contribution in [-0.4, -0.2) is 50.7 Å². The van der Waals surface area contributed by atoms with E-state index in [4.69, 9.17) is 10.00 Å². The first-order valence-electron chi connectivity index (χ1n) is 10.3. The molecule has 2 aliphatic heterocycles. The third kappa shape index (κ3) is 3.53. The van der Waals surface area contributed by atoms with Crippen LogP contribution in [0.2, 0.25) is 0 Å². The molecule has 1 amide bonds. The smallest absolute Gasteiger partial charge is 0.384 e. The van der Waals surface area contributed by atoms with Crippen LogP contribution in [0.25, 0.3) is 0 Å². The molecule has 4 rings (SSSR count). The van der Waals surface area contributed by atoms with Gasteiger partial charge in [-0.25, -0.2) is 0 Å². The van der Waals surface area contributed by atoms with E-state index in [9.17, 15) is 18.0 Å². The number of methoxy groups -OCH3 is 1. The van der Waals surface area contributed by atoms with Gasteiger partial charge in [0.25, 0.3) is 0 Å². The quantitative estimate of drug-likeness (QED) is 0.744. The summed E-state index contributed by atoms with van der Waals surface area (Å²) in [7, 11) is 1.63. The number of carbonyl (C=O) groups is 1. The molecule has 30 heavy (non-hydrogen) atoms. The van der Waals surface area contributed by atoms with E-state index in [1.54, 1.807) is 19.2 Å². The van der Waals surface area contributed by atoms with Gasteiger partial charge >= 0.3 is 6.18 Å². The van der Waals surface area contributed by atoms with Crippen molar-refractivity contribution in [2.45, 2.75) is 32.4 Å². The fraction of sp³-hybridized carbons (Fsp3) is 0.636. The number of benzene rings is 1. The lowest BCUT2D eigenvalue weighted by Crippen LogP contribution is -2.54. The molecule has 0 aromatic heterocycles. The Labute approximate surface area is 174 Å². The van der Waals surface area contributed by atoms with Gasteiger partial charge in [0.05, 0.1) is 23.8 Å². The minimum atomic E-state index is -4.58. The van der Waals surface area contributed by atoms with Crippen LogP contribution in [0.3, 0.4) is 0 Å². The lowest BCUT2D eigenvalue weighted by Gasteiger charge is -2.44. The van der Waals surface area contributed by atoms with Gasteiger partial charge in [-0.05, 0) is 43.4 Å². The second-order valence-electron chi connectivity index (χ2n) is 9.29. The van der Waals surface area contributed by atoms with E-state index in [1.165, 1.54) is 6.07 Å². The van der Waals surface area contributed by atoms with Gasteiger partial charge in [-0.15, -0.1) is 0 Å². The molecule has 0 unspecified atom stereocenters. The van der Waals surface area contributed by atoms with Crippen LogP contribution in [-0.2, 0) is 15.7 Å². The molecule has 2 heterocycles. The third-order valence-electron chi connectivity index (χ3n) is 7.10. The molecule has 1 aromatic rings. The summed E-state index contributed by atoms with van der Waals surface area (Å²) in [4.78, 5) is 16.8. The molecule has 0 bridgehead atoms. The van der Waals surface area contributed by atoms with Gasteiger partial charge in [0, 0.05) is 49.8 Å². The number of piperidine rings is 1. The van der Waals surface area contributed by atoms with Crippen LogP contribution in [0.4, 0.5) is 18.9 Å².